The predicted molar refractivity (Wildman–Crippen MR) is 75.5 cm³/mol. The number of benzene rings is 1. The van der Waals surface area contributed by atoms with Gasteiger partial charge in [0.25, 0.3) is 5.60 Å². The maximum atomic E-state index is 13.3. The van der Waals surface area contributed by atoms with Crippen LogP contribution in [0.4, 0.5) is 26.3 Å². The summed E-state index contributed by atoms with van der Waals surface area (Å²) >= 11 is 0. The van der Waals surface area contributed by atoms with Crippen LogP contribution in [0.1, 0.15) is 6.92 Å². The van der Waals surface area contributed by atoms with Crippen molar-refractivity contribution in [1.29, 1.82) is 0 Å². The van der Waals surface area contributed by atoms with Crippen LogP contribution in [-0.2, 0) is 19.3 Å². The average Bonchev–Trinajstić information content (AvgIpc) is 2.45. The molecule has 0 saturated carbocycles. The first-order chi connectivity index (χ1) is 11.3. The van der Waals surface area contributed by atoms with E-state index in [-0.39, 0.29) is 4.90 Å². The Hall–Kier alpha value is -1.33. The molecule has 1 aromatic carbocycles. The Morgan fingerprint density at radius 2 is 1.48 bits per heavy atom. The van der Waals surface area contributed by atoms with Crippen LogP contribution in [0.3, 0.4) is 0 Å². The molecule has 1 rings (SSSR count). The zero-order valence-corrected chi connectivity index (χ0v) is 14.0. The molecule has 25 heavy (non-hydrogen) atoms. The van der Waals surface area contributed by atoms with Crippen LogP contribution in [0.2, 0.25) is 0 Å². The fourth-order valence-corrected chi connectivity index (χ4v) is 4.01. The molecule has 1 atom stereocenters. The second kappa shape index (κ2) is 7.50. The van der Waals surface area contributed by atoms with E-state index in [9.17, 15) is 34.8 Å². The van der Waals surface area contributed by atoms with Crippen LogP contribution in [0.5, 0.6) is 0 Å². The Kier molecular flexibility index (Phi) is 6.52. The first-order valence-electron chi connectivity index (χ1n) is 6.83. The minimum absolute atomic E-state index is 0.383. The highest BCUT2D eigenvalue weighted by Crippen LogP contribution is 2.51. The monoisotopic (exact) mass is 394 g/mol. The van der Waals surface area contributed by atoms with Crippen molar-refractivity contribution in [3.05, 3.63) is 30.3 Å². The topological polar surface area (TPSA) is 52.6 Å². The molecule has 144 valence electrons. The van der Waals surface area contributed by atoms with Gasteiger partial charge in [0, 0.05) is 13.0 Å². The molecule has 0 saturated heterocycles. The molecule has 0 aliphatic heterocycles. The lowest BCUT2D eigenvalue weighted by molar-refractivity contribution is -0.404. The number of sulfone groups is 1. The van der Waals surface area contributed by atoms with Gasteiger partial charge in [0.15, 0.2) is 9.84 Å². The maximum absolute atomic E-state index is 13.3. The van der Waals surface area contributed by atoms with Crippen LogP contribution in [-0.4, -0.2) is 46.0 Å². The standard InChI is InChI=1S/C14H16F6O4S/c1-10(8-25(21,22)11-6-4-3-5-7-11)12(13(15,16)17,14(18,19)20)24-9-23-2/h3-7,10H,8-9H2,1-2H3/t10-/m1/s1. The van der Waals surface area contributed by atoms with E-state index in [2.05, 4.69) is 9.47 Å². The van der Waals surface area contributed by atoms with Crippen LogP contribution in [0, 0.1) is 5.92 Å². The van der Waals surface area contributed by atoms with Crippen molar-refractivity contribution >= 4 is 9.84 Å². The van der Waals surface area contributed by atoms with E-state index in [1.54, 1.807) is 0 Å². The third-order valence-electron chi connectivity index (χ3n) is 3.51. The molecular weight excluding hydrogens is 378 g/mol. The number of rotatable bonds is 7. The number of alkyl halides is 6. The summed E-state index contributed by atoms with van der Waals surface area (Å²) in [6, 6.07) is 6.24. The summed E-state index contributed by atoms with van der Waals surface area (Å²) in [5.74, 6) is -3.90. The lowest BCUT2D eigenvalue weighted by Gasteiger charge is -2.40. The summed E-state index contributed by atoms with van der Waals surface area (Å²) in [5.41, 5.74) is -4.68. The highest BCUT2D eigenvalue weighted by molar-refractivity contribution is 7.91. The van der Waals surface area contributed by atoms with Crippen molar-refractivity contribution in [1.82, 2.24) is 0 Å². The van der Waals surface area contributed by atoms with E-state index in [0.29, 0.717) is 6.92 Å². The number of hydrogen-bond donors (Lipinski definition) is 0. The summed E-state index contributed by atoms with van der Waals surface area (Å²) in [7, 11) is -3.56. The predicted octanol–water partition coefficient (Wildman–Crippen LogP) is 3.58. The molecule has 11 heteroatoms. The van der Waals surface area contributed by atoms with Gasteiger partial charge >= 0.3 is 12.4 Å². The fourth-order valence-electron chi connectivity index (χ4n) is 2.35. The summed E-state index contributed by atoms with van der Waals surface area (Å²) < 4.78 is 113. The van der Waals surface area contributed by atoms with Crippen LogP contribution in [0.25, 0.3) is 0 Å². The molecule has 0 bridgehead atoms. The van der Waals surface area contributed by atoms with Gasteiger partial charge in [-0.25, -0.2) is 8.42 Å². The molecule has 4 nitrogen and oxygen atoms in total. The van der Waals surface area contributed by atoms with Gasteiger partial charge in [0.1, 0.15) is 6.79 Å². The highest BCUT2D eigenvalue weighted by atomic mass is 32.2. The molecule has 0 aliphatic carbocycles. The van der Waals surface area contributed by atoms with Gasteiger partial charge in [-0.3, -0.25) is 0 Å². The van der Waals surface area contributed by atoms with Gasteiger partial charge in [-0.1, -0.05) is 25.1 Å². The molecule has 0 aromatic heterocycles. The Labute approximate surface area is 140 Å². The number of halogens is 6. The minimum Gasteiger partial charge on any atom is -0.359 e. The quantitative estimate of drug-likeness (QED) is 0.524. The summed E-state index contributed by atoms with van der Waals surface area (Å²) in [4.78, 5) is -0.383. The van der Waals surface area contributed by atoms with Crippen LogP contribution >= 0.6 is 0 Å². The largest absolute Gasteiger partial charge is 0.426 e. The summed E-state index contributed by atoms with van der Waals surface area (Å²) in [6.07, 6.45) is -11.8. The van der Waals surface area contributed by atoms with Crippen LogP contribution < -0.4 is 0 Å². The van der Waals surface area contributed by atoms with E-state index in [4.69, 9.17) is 0 Å². The van der Waals surface area contributed by atoms with Gasteiger partial charge in [-0.15, -0.1) is 0 Å². The van der Waals surface area contributed by atoms with Crippen molar-refractivity contribution in [2.24, 2.45) is 5.92 Å². The smallest absolute Gasteiger partial charge is 0.359 e. The van der Waals surface area contributed by atoms with Gasteiger partial charge in [-0.2, -0.15) is 26.3 Å². The van der Waals surface area contributed by atoms with Crippen molar-refractivity contribution < 1.29 is 44.2 Å². The third kappa shape index (κ3) is 4.45. The third-order valence-corrected chi connectivity index (χ3v) is 5.44. The zero-order valence-electron chi connectivity index (χ0n) is 13.2. The van der Waals surface area contributed by atoms with Gasteiger partial charge < -0.3 is 9.47 Å². The molecule has 0 radical (unpaired) electrons. The second-order valence-corrected chi connectivity index (χ2v) is 7.31. The summed E-state index contributed by atoms with van der Waals surface area (Å²) in [6.45, 7) is -0.786. The molecule has 0 fully saturated rings. The molecular formula is C14H16F6O4S. The van der Waals surface area contributed by atoms with Gasteiger partial charge in [0.2, 0.25) is 0 Å². The van der Waals surface area contributed by atoms with Crippen LogP contribution in [0.15, 0.2) is 35.2 Å². The number of ether oxygens (including phenoxy) is 2. The van der Waals surface area contributed by atoms with E-state index >= 15 is 0 Å². The Morgan fingerprint density at radius 3 is 1.88 bits per heavy atom. The first kappa shape index (κ1) is 21.7. The van der Waals surface area contributed by atoms with Crippen molar-refractivity contribution in [3.8, 4) is 0 Å². The molecule has 0 spiro atoms. The average molecular weight is 394 g/mol. The Balaban J connectivity index is 3.35. The number of methoxy groups -OCH3 is 1. The van der Waals surface area contributed by atoms with Crippen molar-refractivity contribution in [2.75, 3.05) is 19.7 Å². The fraction of sp³-hybridized carbons (Fsp3) is 0.571. The highest BCUT2D eigenvalue weighted by Gasteiger charge is 2.75. The molecule has 0 unspecified atom stereocenters. The van der Waals surface area contributed by atoms with Crippen molar-refractivity contribution in [3.63, 3.8) is 0 Å². The van der Waals surface area contributed by atoms with E-state index < -0.39 is 46.3 Å². The molecule has 0 heterocycles. The minimum atomic E-state index is -5.91. The maximum Gasteiger partial charge on any atom is 0.426 e. The SMILES string of the molecule is COCOC([C@H](C)CS(=O)(=O)c1ccccc1)(C(F)(F)F)C(F)(F)F. The lowest BCUT2D eigenvalue weighted by Crippen LogP contribution is -2.64. The van der Waals surface area contributed by atoms with E-state index in [1.165, 1.54) is 18.2 Å². The second-order valence-electron chi connectivity index (χ2n) is 5.28. The van der Waals surface area contributed by atoms with Gasteiger partial charge in [0.05, 0.1) is 10.6 Å². The van der Waals surface area contributed by atoms with Crippen molar-refractivity contribution in [2.45, 2.75) is 29.8 Å². The van der Waals surface area contributed by atoms with E-state index in [0.717, 1.165) is 19.2 Å². The normalized spacial score (nSPS) is 15.2. The molecule has 0 N–H and O–H groups in total. The number of hydrogen-bond acceptors (Lipinski definition) is 4. The molecule has 0 aliphatic rings. The zero-order chi connectivity index (χ0) is 19.5. The van der Waals surface area contributed by atoms with E-state index in [1.807, 2.05) is 0 Å². The van der Waals surface area contributed by atoms with Gasteiger partial charge in [-0.05, 0) is 12.1 Å². The lowest BCUT2D eigenvalue weighted by atomic mass is 9.88. The summed E-state index contributed by atoms with van der Waals surface area (Å²) in [5, 5.41) is 0. The Morgan fingerprint density at radius 1 is 1.00 bits per heavy atom. The molecule has 0 amide bonds. The Bertz CT molecular complexity index is 640. The first-order valence-corrected chi connectivity index (χ1v) is 8.49. The molecule has 1 aromatic rings.